The van der Waals surface area contributed by atoms with E-state index in [0.29, 0.717) is 16.6 Å². The maximum absolute atomic E-state index is 12.2. The zero-order chi connectivity index (χ0) is 18.5. The first-order chi connectivity index (χ1) is 12.5. The number of ether oxygens (including phenoxy) is 1. The molecule has 134 valence electrons. The number of amides is 1. The van der Waals surface area contributed by atoms with Gasteiger partial charge in [0.05, 0.1) is 18.1 Å². The van der Waals surface area contributed by atoms with Gasteiger partial charge in [-0.1, -0.05) is 47.6 Å². The Morgan fingerprint density at radius 2 is 1.88 bits per heavy atom. The number of halogens is 1. The third-order valence-electron chi connectivity index (χ3n) is 3.91. The van der Waals surface area contributed by atoms with E-state index in [0.717, 1.165) is 22.6 Å². The second-order valence-corrected chi connectivity index (χ2v) is 7.37. The molecule has 1 aliphatic rings. The Bertz CT molecular complexity index is 848. The van der Waals surface area contributed by atoms with Gasteiger partial charge in [0.2, 0.25) is 5.91 Å². The Hall–Kier alpha value is -2.31. The van der Waals surface area contributed by atoms with Crippen LogP contribution in [0.15, 0.2) is 58.7 Å². The van der Waals surface area contributed by atoms with Gasteiger partial charge in [-0.3, -0.25) is 4.79 Å². The normalized spacial score (nSPS) is 18.9. The lowest BCUT2D eigenvalue weighted by Gasteiger charge is -2.06. The number of carbonyl (C=O) groups is 1. The predicted octanol–water partition coefficient (Wildman–Crippen LogP) is 3.90. The second-order valence-electron chi connectivity index (χ2n) is 5.75. The molecule has 2 aromatic carbocycles. The zero-order valence-corrected chi connectivity index (χ0v) is 16.0. The van der Waals surface area contributed by atoms with Crippen molar-refractivity contribution in [3.05, 3.63) is 64.7 Å². The van der Waals surface area contributed by atoms with E-state index < -0.39 is 0 Å². The number of hydrogen-bond acceptors (Lipinski definition) is 5. The molecule has 0 aromatic heterocycles. The molecule has 0 saturated carbocycles. The van der Waals surface area contributed by atoms with E-state index in [4.69, 9.17) is 16.3 Å². The molecule has 1 heterocycles. The fourth-order valence-electron chi connectivity index (χ4n) is 2.43. The number of thioether (sulfide) groups is 1. The average molecular weight is 388 g/mol. The molecule has 7 heteroatoms. The van der Waals surface area contributed by atoms with Gasteiger partial charge < -0.3 is 10.1 Å². The minimum absolute atomic E-state index is 0.0519. The van der Waals surface area contributed by atoms with Crippen LogP contribution in [0.25, 0.3) is 0 Å². The van der Waals surface area contributed by atoms with Crippen molar-refractivity contribution in [2.75, 3.05) is 7.11 Å². The largest absolute Gasteiger partial charge is 0.497 e. The molecule has 1 N–H and O–H groups in total. The molecule has 0 spiro atoms. The van der Waals surface area contributed by atoms with Gasteiger partial charge in [-0.25, -0.2) is 0 Å². The van der Waals surface area contributed by atoms with Gasteiger partial charge in [-0.05, 0) is 48.7 Å². The van der Waals surface area contributed by atoms with Gasteiger partial charge in [0.25, 0.3) is 0 Å². The first-order valence-corrected chi connectivity index (χ1v) is 9.29. The summed E-state index contributed by atoms with van der Waals surface area (Å²) in [6.07, 6.45) is 0.624. The third-order valence-corrected chi connectivity index (χ3v) is 5.23. The summed E-state index contributed by atoms with van der Waals surface area (Å²) in [5.41, 5.74) is 2.76. The quantitative estimate of drug-likeness (QED) is 0.625. The predicted molar refractivity (Wildman–Crippen MR) is 107 cm³/mol. The minimum atomic E-state index is -0.215. The van der Waals surface area contributed by atoms with E-state index in [1.165, 1.54) is 11.8 Å². The highest BCUT2D eigenvalue weighted by atomic mass is 35.5. The Labute approximate surface area is 161 Å². The Balaban J connectivity index is 1.65. The molecule has 2 aromatic rings. The number of nitrogens with zero attached hydrogens (tertiary/aromatic N) is 2. The number of amidine groups is 1. The Kier molecular flexibility index (Phi) is 5.96. The third kappa shape index (κ3) is 4.65. The average Bonchev–Trinajstić information content (AvgIpc) is 3.00. The monoisotopic (exact) mass is 387 g/mol. The fraction of sp³-hybridized carbons (Fsp3) is 0.211. The van der Waals surface area contributed by atoms with Crippen molar-refractivity contribution in [3.63, 3.8) is 0 Å². The van der Waals surface area contributed by atoms with E-state index in [1.54, 1.807) is 19.2 Å². The lowest BCUT2D eigenvalue weighted by Crippen LogP contribution is -2.25. The molecular weight excluding hydrogens is 370 g/mol. The maximum Gasteiger partial charge on any atom is 0.239 e. The van der Waals surface area contributed by atoms with E-state index in [2.05, 4.69) is 15.5 Å². The van der Waals surface area contributed by atoms with Gasteiger partial charge in [0.1, 0.15) is 5.75 Å². The molecule has 0 aliphatic carbocycles. The second kappa shape index (κ2) is 8.38. The highest BCUT2D eigenvalue weighted by molar-refractivity contribution is 8.15. The van der Waals surface area contributed by atoms with Gasteiger partial charge in [-0.2, -0.15) is 5.10 Å². The molecule has 1 fully saturated rings. The van der Waals surface area contributed by atoms with E-state index in [9.17, 15) is 4.79 Å². The van der Waals surface area contributed by atoms with Gasteiger partial charge in [0, 0.05) is 5.02 Å². The van der Waals surface area contributed by atoms with Crippen molar-refractivity contribution < 1.29 is 9.53 Å². The summed E-state index contributed by atoms with van der Waals surface area (Å²) in [6.45, 7) is 1.86. The first-order valence-electron chi connectivity index (χ1n) is 8.04. The van der Waals surface area contributed by atoms with Crippen LogP contribution in [0.3, 0.4) is 0 Å². The smallest absolute Gasteiger partial charge is 0.239 e. The first kappa shape index (κ1) is 18.5. The molecule has 1 atom stereocenters. The summed E-state index contributed by atoms with van der Waals surface area (Å²) in [5.74, 6) is 0.746. The summed E-state index contributed by atoms with van der Waals surface area (Å²) in [6, 6.07) is 15.1. The molecule has 3 rings (SSSR count). The fourth-order valence-corrected chi connectivity index (χ4v) is 3.52. The van der Waals surface area contributed by atoms with Crippen LogP contribution in [0, 0.1) is 0 Å². The SMILES string of the molecule is COc1ccc(C[C@@H]2S/C(=N/N=C(\C)c3ccc(Cl)cc3)NC2=O)cc1. The molecule has 26 heavy (non-hydrogen) atoms. The standard InChI is InChI=1S/C19H18ClN3O2S/c1-12(14-5-7-15(20)8-6-14)22-23-19-21-18(24)17(26-19)11-13-3-9-16(25-2)10-4-13/h3-10,17H,11H2,1-2H3,(H,21,23,24)/b22-12+/t17-/m0/s1. The molecular formula is C19H18ClN3O2S. The van der Waals surface area contributed by atoms with E-state index in [-0.39, 0.29) is 11.2 Å². The topological polar surface area (TPSA) is 63.1 Å². The molecule has 0 bridgehead atoms. The zero-order valence-electron chi connectivity index (χ0n) is 14.4. The molecule has 1 aliphatic heterocycles. The van der Waals surface area contributed by atoms with Crippen molar-refractivity contribution in [2.24, 2.45) is 10.2 Å². The summed E-state index contributed by atoms with van der Waals surface area (Å²) in [7, 11) is 1.63. The molecule has 0 radical (unpaired) electrons. The van der Waals surface area contributed by atoms with Crippen LogP contribution in [0.5, 0.6) is 5.75 Å². The number of hydrogen-bond donors (Lipinski definition) is 1. The van der Waals surface area contributed by atoms with E-state index in [1.807, 2.05) is 43.3 Å². The van der Waals surface area contributed by atoms with Crippen molar-refractivity contribution in [3.8, 4) is 5.75 Å². The van der Waals surface area contributed by atoms with Crippen molar-refractivity contribution in [2.45, 2.75) is 18.6 Å². The number of methoxy groups -OCH3 is 1. The van der Waals surface area contributed by atoms with Crippen LogP contribution in [-0.4, -0.2) is 29.1 Å². The highest BCUT2D eigenvalue weighted by Gasteiger charge is 2.30. The Morgan fingerprint density at radius 1 is 1.19 bits per heavy atom. The summed E-state index contributed by atoms with van der Waals surface area (Å²) < 4.78 is 5.15. The minimum Gasteiger partial charge on any atom is -0.497 e. The van der Waals surface area contributed by atoms with Gasteiger partial charge in [0.15, 0.2) is 5.17 Å². The summed E-state index contributed by atoms with van der Waals surface area (Å²) in [4.78, 5) is 12.2. The summed E-state index contributed by atoms with van der Waals surface area (Å²) in [5, 5.41) is 12.1. The van der Waals surface area contributed by atoms with E-state index >= 15 is 0 Å². The van der Waals surface area contributed by atoms with Gasteiger partial charge in [-0.15, -0.1) is 5.10 Å². The summed E-state index contributed by atoms with van der Waals surface area (Å²) >= 11 is 7.28. The van der Waals surface area contributed by atoms with Crippen molar-refractivity contribution in [1.29, 1.82) is 0 Å². The highest BCUT2D eigenvalue weighted by Crippen LogP contribution is 2.24. The molecule has 1 amide bonds. The van der Waals surface area contributed by atoms with Crippen LogP contribution in [0.1, 0.15) is 18.1 Å². The van der Waals surface area contributed by atoms with Crippen LogP contribution in [0.2, 0.25) is 5.02 Å². The van der Waals surface area contributed by atoms with Gasteiger partial charge >= 0.3 is 0 Å². The maximum atomic E-state index is 12.2. The number of rotatable bonds is 5. The van der Waals surface area contributed by atoms with Crippen molar-refractivity contribution >= 4 is 40.1 Å². The lowest BCUT2D eigenvalue weighted by atomic mass is 10.1. The lowest BCUT2D eigenvalue weighted by molar-refractivity contribution is -0.118. The molecule has 5 nitrogen and oxygen atoms in total. The van der Waals surface area contributed by atoms with Crippen LogP contribution in [0.4, 0.5) is 0 Å². The number of nitrogens with one attached hydrogen (secondary N) is 1. The van der Waals surface area contributed by atoms with Crippen LogP contribution < -0.4 is 10.1 Å². The van der Waals surface area contributed by atoms with Crippen LogP contribution >= 0.6 is 23.4 Å². The van der Waals surface area contributed by atoms with Crippen LogP contribution in [-0.2, 0) is 11.2 Å². The number of benzene rings is 2. The molecule has 0 unspecified atom stereocenters. The number of carbonyl (C=O) groups excluding carboxylic acids is 1. The Morgan fingerprint density at radius 3 is 2.54 bits per heavy atom. The molecule has 1 saturated heterocycles. The van der Waals surface area contributed by atoms with Crippen molar-refractivity contribution in [1.82, 2.24) is 5.32 Å².